The Balaban J connectivity index is 1.65. The first-order valence-corrected chi connectivity index (χ1v) is 8.32. The van der Waals surface area contributed by atoms with Crippen LogP contribution in [0.3, 0.4) is 0 Å². The number of fused-ring (bicyclic) bond motifs is 1. The van der Waals surface area contributed by atoms with E-state index < -0.39 is 0 Å². The van der Waals surface area contributed by atoms with Gasteiger partial charge in [-0.15, -0.1) is 11.3 Å². The number of benzene rings is 1. The molecule has 0 saturated heterocycles. The van der Waals surface area contributed by atoms with Crippen molar-refractivity contribution >= 4 is 27.9 Å². The maximum Gasteiger partial charge on any atom is 0.275 e. The largest absolute Gasteiger partial charge is 0.493 e. The lowest BCUT2D eigenvalue weighted by atomic mass is 10.2. The summed E-state index contributed by atoms with van der Waals surface area (Å²) in [5.41, 5.74) is 1.14. The van der Waals surface area contributed by atoms with Gasteiger partial charge in [-0.1, -0.05) is 13.8 Å². The summed E-state index contributed by atoms with van der Waals surface area (Å²) in [5.74, 6) is 1.07. The van der Waals surface area contributed by atoms with E-state index in [1.807, 2.05) is 41.8 Å². The summed E-state index contributed by atoms with van der Waals surface area (Å²) in [6, 6.07) is 7.37. The Hall–Kier alpha value is -2.34. The first-order chi connectivity index (χ1) is 11.0. The number of ether oxygens (including phenoxy) is 1. The Kier molecular flexibility index (Phi) is 4.34. The van der Waals surface area contributed by atoms with Gasteiger partial charge in [-0.05, 0) is 37.1 Å². The highest BCUT2D eigenvalue weighted by atomic mass is 32.1. The van der Waals surface area contributed by atoms with Crippen molar-refractivity contribution in [1.29, 1.82) is 0 Å². The van der Waals surface area contributed by atoms with Crippen LogP contribution >= 0.6 is 11.3 Å². The Bertz CT molecular complexity index is 787. The van der Waals surface area contributed by atoms with Crippen molar-refractivity contribution in [3.63, 3.8) is 0 Å². The zero-order valence-corrected chi connectivity index (χ0v) is 14.2. The number of rotatable bonds is 5. The van der Waals surface area contributed by atoms with E-state index in [4.69, 9.17) is 4.74 Å². The number of hydrogen-bond acceptors (Lipinski definition) is 4. The number of carbonyl (C=O) groups is 1. The van der Waals surface area contributed by atoms with Gasteiger partial charge in [0.1, 0.15) is 11.4 Å². The molecular formula is C17H19N3O2S. The first kappa shape index (κ1) is 15.6. The molecule has 0 saturated carbocycles. The minimum atomic E-state index is -0.214. The number of nitrogens with one attached hydrogen (secondary N) is 1. The maximum atomic E-state index is 12.3. The fourth-order valence-electron chi connectivity index (χ4n) is 2.11. The average molecular weight is 329 g/mol. The second-order valence-electron chi connectivity index (χ2n) is 5.84. The van der Waals surface area contributed by atoms with Crippen molar-refractivity contribution in [2.45, 2.75) is 20.8 Å². The molecule has 3 aromatic rings. The van der Waals surface area contributed by atoms with Crippen molar-refractivity contribution in [3.8, 4) is 5.75 Å². The molecule has 0 atom stereocenters. The molecule has 1 amide bonds. The lowest BCUT2D eigenvalue weighted by Crippen LogP contribution is -2.12. The van der Waals surface area contributed by atoms with Gasteiger partial charge >= 0.3 is 0 Å². The van der Waals surface area contributed by atoms with Crippen molar-refractivity contribution in [1.82, 2.24) is 9.38 Å². The van der Waals surface area contributed by atoms with Crippen LogP contribution in [-0.2, 0) is 0 Å². The number of hydrogen-bond donors (Lipinski definition) is 1. The molecule has 3 rings (SSSR count). The SMILES string of the molecule is Cc1cn2cc(C(=O)Nc3ccc(OCC(C)C)cc3)nc2s1. The summed E-state index contributed by atoms with van der Waals surface area (Å²) in [4.78, 5) is 18.6. The van der Waals surface area contributed by atoms with E-state index in [2.05, 4.69) is 24.1 Å². The van der Waals surface area contributed by atoms with Gasteiger partial charge in [-0.2, -0.15) is 0 Å². The highest BCUT2D eigenvalue weighted by Gasteiger charge is 2.12. The molecule has 2 aromatic heterocycles. The molecule has 0 spiro atoms. The molecule has 0 aliphatic carbocycles. The fourth-order valence-corrected chi connectivity index (χ4v) is 2.92. The number of carbonyl (C=O) groups excluding carboxylic acids is 1. The monoisotopic (exact) mass is 329 g/mol. The number of aryl methyl sites for hydroxylation is 1. The molecule has 23 heavy (non-hydrogen) atoms. The molecule has 0 aliphatic heterocycles. The molecule has 0 unspecified atom stereocenters. The van der Waals surface area contributed by atoms with Gasteiger partial charge in [-0.25, -0.2) is 4.98 Å². The molecule has 2 heterocycles. The van der Waals surface area contributed by atoms with E-state index in [1.165, 1.54) is 0 Å². The highest BCUT2D eigenvalue weighted by molar-refractivity contribution is 7.17. The number of anilines is 1. The quantitative estimate of drug-likeness (QED) is 0.770. The smallest absolute Gasteiger partial charge is 0.275 e. The molecule has 5 nitrogen and oxygen atoms in total. The molecule has 120 valence electrons. The average Bonchev–Trinajstić information content (AvgIpc) is 3.03. The second kappa shape index (κ2) is 6.42. The van der Waals surface area contributed by atoms with Gasteiger partial charge in [0, 0.05) is 23.0 Å². The third-order valence-corrected chi connectivity index (χ3v) is 4.11. The van der Waals surface area contributed by atoms with Gasteiger partial charge < -0.3 is 10.1 Å². The summed E-state index contributed by atoms with van der Waals surface area (Å²) in [6.45, 7) is 6.90. The number of nitrogens with zero attached hydrogens (tertiary/aromatic N) is 2. The number of amides is 1. The number of aromatic nitrogens is 2. The fraction of sp³-hybridized carbons (Fsp3) is 0.294. The Morgan fingerprint density at radius 1 is 1.30 bits per heavy atom. The first-order valence-electron chi connectivity index (χ1n) is 7.50. The predicted molar refractivity (Wildman–Crippen MR) is 92.5 cm³/mol. The van der Waals surface area contributed by atoms with Crippen LogP contribution in [0.15, 0.2) is 36.7 Å². The highest BCUT2D eigenvalue weighted by Crippen LogP contribution is 2.19. The lowest BCUT2D eigenvalue weighted by molar-refractivity contribution is 0.102. The Morgan fingerprint density at radius 3 is 2.70 bits per heavy atom. The van der Waals surface area contributed by atoms with E-state index in [-0.39, 0.29) is 5.91 Å². The van der Waals surface area contributed by atoms with Crippen LogP contribution in [0, 0.1) is 12.8 Å². The van der Waals surface area contributed by atoms with Crippen molar-refractivity contribution < 1.29 is 9.53 Å². The molecule has 1 N–H and O–H groups in total. The second-order valence-corrected chi connectivity index (χ2v) is 7.05. The number of imidazole rings is 1. The van der Waals surface area contributed by atoms with Gasteiger partial charge in [0.05, 0.1) is 6.61 Å². The summed E-state index contributed by atoms with van der Waals surface area (Å²) in [5, 5.41) is 2.85. The van der Waals surface area contributed by atoms with Crippen LogP contribution in [0.1, 0.15) is 29.2 Å². The van der Waals surface area contributed by atoms with Crippen LogP contribution in [0.5, 0.6) is 5.75 Å². The van der Waals surface area contributed by atoms with Crippen LogP contribution < -0.4 is 10.1 Å². The molecule has 0 aliphatic rings. The normalized spacial score (nSPS) is 11.1. The minimum Gasteiger partial charge on any atom is -0.493 e. The van der Waals surface area contributed by atoms with Crippen molar-refractivity contribution in [3.05, 3.63) is 47.2 Å². The summed E-state index contributed by atoms with van der Waals surface area (Å²) in [6.07, 6.45) is 3.71. The van der Waals surface area contributed by atoms with Gasteiger partial charge in [0.15, 0.2) is 4.96 Å². The van der Waals surface area contributed by atoms with Crippen LogP contribution in [0.4, 0.5) is 5.69 Å². The molecule has 1 aromatic carbocycles. The van der Waals surface area contributed by atoms with E-state index in [1.54, 1.807) is 17.5 Å². The van der Waals surface area contributed by atoms with E-state index >= 15 is 0 Å². The van der Waals surface area contributed by atoms with Gasteiger partial charge in [0.25, 0.3) is 5.91 Å². The third-order valence-electron chi connectivity index (χ3n) is 3.20. The van der Waals surface area contributed by atoms with Crippen LogP contribution in [-0.4, -0.2) is 21.9 Å². The third kappa shape index (κ3) is 3.71. The summed E-state index contributed by atoms with van der Waals surface area (Å²) >= 11 is 1.56. The van der Waals surface area contributed by atoms with Crippen molar-refractivity contribution in [2.24, 2.45) is 5.92 Å². The van der Waals surface area contributed by atoms with Gasteiger partial charge in [-0.3, -0.25) is 9.20 Å². The van der Waals surface area contributed by atoms with Crippen LogP contribution in [0.25, 0.3) is 4.96 Å². The van der Waals surface area contributed by atoms with Crippen molar-refractivity contribution in [2.75, 3.05) is 11.9 Å². The van der Waals surface area contributed by atoms with E-state index in [9.17, 15) is 4.79 Å². The van der Waals surface area contributed by atoms with Gasteiger partial charge in [0.2, 0.25) is 0 Å². The topological polar surface area (TPSA) is 55.6 Å². The molecule has 6 heteroatoms. The molecule has 0 radical (unpaired) electrons. The lowest BCUT2D eigenvalue weighted by Gasteiger charge is -2.09. The van der Waals surface area contributed by atoms with E-state index in [0.29, 0.717) is 18.2 Å². The zero-order valence-electron chi connectivity index (χ0n) is 13.4. The predicted octanol–water partition coefficient (Wildman–Crippen LogP) is 3.99. The standard InChI is InChI=1S/C17H19N3O2S/c1-11(2)10-22-14-6-4-13(5-7-14)18-16(21)15-9-20-8-12(3)23-17(20)19-15/h4-9,11H,10H2,1-3H3,(H,18,21). The van der Waals surface area contributed by atoms with E-state index in [0.717, 1.165) is 21.3 Å². The summed E-state index contributed by atoms with van der Waals surface area (Å²) < 4.78 is 7.50. The minimum absolute atomic E-state index is 0.214. The Morgan fingerprint density at radius 2 is 2.04 bits per heavy atom. The zero-order chi connectivity index (χ0) is 16.4. The Labute approximate surface area is 138 Å². The van der Waals surface area contributed by atoms with Crippen LogP contribution in [0.2, 0.25) is 0 Å². The molecule has 0 bridgehead atoms. The molecular weight excluding hydrogens is 310 g/mol. The maximum absolute atomic E-state index is 12.3. The molecule has 0 fully saturated rings. The number of thiazole rings is 1. The summed E-state index contributed by atoms with van der Waals surface area (Å²) in [7, 11) is 0.